The topological polar surface area (TPSA) is 9.86 Å². The number of fused-ring (bicyclic) bond motifs is 10. The van der Waals surface area contributed by atoms with E-state index < -0.39 is 54.4 Å². The molecule has 0 fully saturated rings. The summed E-state index contributed by atoms with van der Waals surface area (Å²) in [5, 5.41) is 1.27. The molecular formula is C39H28N2. The maximum atomic E-state index is 9.47. The summed E-state index contributed by atoms with van der Waals surface area (Å²) < 4.78 is 101. The van der Waals surface area contributed by atoms with Gasteiger partial charge in [0.25, 0.3) is 0 Å². The van der Waals surface area contributed by atoms with Gasteiger partial charge in [-0.1, -0.05) is 105 Å². The number of hydrogen-bond acceptors (Lipinski definition) is 0. The van der Waals surface area contributed by atoms with Crippen molar-refractivity contribution in [3.63, 3.8) is 0 Å². The predicted octanol–water partition coefficient (Wildman–Crippen LogP) is 10.2. The Morgan fingerprint density at radius 2 is 1.29 bits per heavy atom. The molecule has 1 aliphatic rings. The fourth-order valence-electron chi connectivity index (χ4n) is 6.76. The summed E-state index contributed by atoms with van der Waals surface area (Å²) in [5.41, 5.74) is 5.45. The summed E-state index contributed by atoms with van der Waals surface area (Å²) in [5.74, 6) is 0. The molecule has 2 heteroatoms. The first-order valence-corrected chi connectivity index (χ1v) is 13.5. The molecule has 1 aliphatic carbocycles. The molecule has 0 bridgehead atoms. The van der Waals surface area contributed by atoms with Crippen molar-refractivity contribution in [3.05, 3.63) is 144 Å². The SMILES string of the molecule is [2H]c1c([2H])c([2H])c(-n2c3c([2H])c([2H])c([2H])c([2H])c3c3c2c([2H])c([2H])c2c4ccccc4n(-c4ccc5c(c4)-c4ccccc4C5(C)C)c23)c([2H])c1[2H]. The predicted molar refractivity (Wildman–Crippen MR) is 173 cm³/mol. The van der Waals surface area contributed by atoms with Crippen molar-refractivity contribution in [2.45, 2.75) is 19.3 Å². The highest BCUT2D eigenvalue weighted by Crippen LogP contribution is 2.50. The highest BCUT2D eigenvalue weighted by molar-refractivity contribution is 6.26. The molecule has 2 nitrogen and oxygen atoms in total. The molecule has 6 aromatic carbocycles. The standard InChI is InChI=1S/C39H28N2/c1-39(2)32-17-9-6-14-27(32)31-24-26(20-22-33(31)39)41-34-18-10-7-15-28(34)29-21-23-36-37(38(29)41)30-16-8-11-19-35(30)40(36)25-12-4-3-5-13-25/h3-24H,1-2H3/i3D,4D,5D,8D,11D,12D,13D,16D,19D,21D,23D. The van der Waals surface area contributed by atoms with E-state index in [-0.39, 0.29) is 45.0 Å². The van der Waals surface area contributed by atoms with Gasteiger partial charge in [-0.25, -0.2) is 0 Å². The highest BCUT2D eigenvalue weighted by atomic mass is 15.0. The summed E-state index contributed by atoms with van der Waals surface area (Å²) in [7, 11) is 0. The molecule has 0 aliphatic heterocycles. The molecule has 0 unspecified atom stereocenters. The van der Waals surface area contributed by atoms with Crippen LogP contribution in [0.1, 0.15) is 40.1 Å². The van der Waals surface area contributed by atoms with Crippen LogP contribution in [0, 0.1) is 0 Å². The first-order valence-electron chi connectivity index (χ1n) is 19.0. The molecule has 2 aromatic heterocycles. The second-order valence-electron chi connectivity index (χ2n) is 11.0. The molecule has 0 amide bonds. The monoisotopic (exact) mass is 535 g/mol. The zero-order valence-electron chi connectivity index (χ0n) is 33.2. The molecule has 41 heavy (non-hydrogen) atoms. The second kappa shape index (κ2) is 7.99. The van der Waals surface area contributed by atoms with Gasteiger partial charge in [0.15, 0.2) is 0 Å². The van der Waals surface area contributed by atoms with Crippen LogP contribution >= 0.6 is 0 Å². The molecule has 0 spiro atoms. The zero-order chi connectivity index (χ0) is 36.9. The lowest BCUT2D eigenvalue weighted by Gasteiger charge is -2.21. The van der Waals surface area contributed by atoms with Crippen molar-refractivity contribution >= 4 is 43.6 Å². The Balaban J connectivity index is 1.57. The maximum absolute atomic E-state index is 9.47. The minimum atomic E-state index is -0.638. The van der Waals surface area contributed by atoms with Crippen molar-refractivity contribution in [1.29, 1.82) is 0 Å². The largest absolute Gasteiger partial charge is 0.309 e. The van der Waals surface area contributed by atoms with E-state index in [2.05, 4.69) is 38.1 Å². The van der Waals surface area contributed by atoms with E-state index in [1.54, 1.807) is 0 Å². The number of nitrogens with zero attached hydrogens (tertiary/aromatic N) is 2. The van der Waals surface area contributed by atoms with Crippen molar-refractivity contribution in [2.75, 3.05) is 0 Å². The average molecular weight is 536 g/mol. The van der Waals surface area contributed by atoms with Gasteiger partial charge in [-0.05, 0) is 64.6 Å². The van der Waals surface area contributed by atoms with Crippen molar-refractivity contribution in [3.8, 4) is 22.5 Å². The van der Waals surface area contributed by atoms with Crippen molar-refractivity contribution < 1.29 is 15.1 Å². The average Bonchev–Trinajstić information content (AvgIpc) is 3.75. The minimum Gasteiger partial charge on any atom is -0.309 e. The molecule has 0 saturated carbocycles. The molecule has 194 valence electrons. The third kappa shape index (κ3) is 2.92. The summed E-state index contributed by atoms with van der Waals surface area (Å²) >= 11 is 0. The van der Waals surface area contributed by atoms with Crippen LogP contribution in [-0.2, 0) is 5.41 Å². The van der Waals surface area contributed by atoms with Gasteiger partial charge in [0.2, 0.25) is 0 Å². The van der Waals surface area contributed by atoms with E-state index in [1.165, 1.54) is 10.1 Å². The Bertz CT molecular complexity index is 2930. The first kappa shape index (κ1) is 14.5. The van der Waals surface area contributed by atoms with Gasteiger partial charge in [-0.15, -0.1) is 0 Å². The van der Waals surface area contributed by atoms with Crippen molar-refractivity contribution in [2.24, 2.45) is 0 Å². The normalized spacial score (nSPS) is 17.6. The lowest BCUT2D eigenvalue weighted by Crippen LogP contribution is -2.14. The molecule has 0 N–H and O–H groups in total. The number of aromatic nitrogens is 2. The van der Waals surface area contributed by atoms with Gasteiger partial charge in [0, 0.05) is 38.3 Å². The van der Waals surface area contributed by atoms with Gasteiger partial charge in [-0.2, -0.15) is 0 Å². The maximum Gasteiger partial charge on any atom is 0.0645 e. The Morgan fingerprint density at radius 1 is 0.537 bits per heavy atom. The molecular weight excluding hydrogens is 496 g/mol. The van der Waals surface area contributed by atoms with Crippen LogP contribution in [0.15, 0.2) is 133 Å². The van der Waals surface area contributed by atoms with Crippen LogP contribution < -0.4 is 0 Å². The van der Waals surface area contributed by atoms with E-state index in [9.17, 15) is 4.11 Å². The Labute approximate surface area is 254 Å². The van der Waals surface area contributed by atoms with Crippen molar-refractivity contribution in [1.82, 2.24) is 9.13 Å². The Hall–Kier alpha value is -5.08. The third-order valence-corrected chi connectivity index (χ3v) is 8.55. The van der Waals surface area contributed by atoms with Crippen LogP contribution in [0.4, 0.5) is 0 Å². The second-order valence-corrected chi connectivity index (χ2v) is 11.0. The van der Waals surface area contributed by atoms with E-state index >= 15 is 0 Å². The van der Waals surface area contributed by atoms with E-state index in [4.69, 9.17) is 11.0 Å². The van der Waals surface area contributed by atoms with Gasteiger partial charge in [-0.3, -0.25) is 0 Å². The van der Waals surface area contributed by atoms with Crippen LogP contribution in [0.3, 0.4) is 0 Å². The summed E-state index contributed by atoms with van der Waals surface area (Å²) in [4.78, 5) is 0. The Morgan fingerprint density at radius 3 is 2.20 bits per heavy atom. The van der Waals surface area contributed by atoms with Crippen LogP contribution in [0.2, 0.25) is 0 Å². The summed E-state index contributed by atoms with van der Waals surface area (Å²) in [6.45, 7) is 4.37. The zero-order valence-corrected chi connectivity index (χ0v) is 22.2. The van der Waals surface area contributed by atoms with E-state index in [1.807, 2.05) is 47.0 Å². The lowest BCUT2D eigenvalue weighted by molar-refractivity contribution is 0.660. The number of rotatable bonds is 2. The fourth-order valence-corrected chi connectivity index (χ4v) is 6.76. The summed E-state index contributed by atoms with van der Waals surface area (Å²) in [6, 6.07) is 16.2. The highest BCUT2D eigenvalue weighted by Gasteiger charge is 2.35. The molecule has 0 atom stereocenters. The number of hydrogen-bond donors (Lipinski definition) is 0. The van der Waals surface area contributed by atoms with Gasteiger partial charge < -0.3 is 9.13 Å². The molecule has 8 aromatic rings. The fraction of sp³-hybridized carbons (Fsp3) is 0.0769. The lowest BCUT2D eigenvalue weighted by atomic mass is 9.82. The van der Waals surface area contributed by atoms with Gasteiger partial charge in [0.1, 0.15) is 0 Å². The van der Waals surface area contributed by atoms with E-state index in [0.29, 0.717) is 21.8 Å². The summed E-state index contributed by atoms with van der Waals surface area (Å²) in [6.07, 6.45) is 0. The van der Waals surface area contributed by atoms with Gasteiger partial charge >= 0.3 is 0 Å². The first-order chi connectivity index (χ1) is 24.7. The van der Waals surface area contributed by atoms with E-state index in [0.717, 1.165) is 22.4 Å². The van der Waals surface area contributed by atoms with Gasteiger partial charge in [0.05, 0.1) is 37.1 Å². The molecule has 0 radical (unpaired) electrons. The molecule has 0 saturated heterocycles. The Kier molecular flexibility index (Phi) is 2.83. The smallest absolute Gasteiger partial charge is 0.0645 e. The minimum absolute atomic E-state index is 0.0167. The number of para-hydroxylation sites is 3. The number of benzene rings is 6. The van der Waals surface area contributed by atoms with Crippen LogP contribution in [0.25, 0.3) is 66.1 Å². The van der Waals surface area contributed by atoms with Crippen LogP contribution in [-0.4, -0.2) is 9.13 Å². The quantitative estimate of drug-likeness (QED) is 0.208. The molecule has 2 heterocycles. The molecule has 9 rings (SSSR count). The third-order valence-electron chi connectivity index (χ3n) is 8.55. The van der Waals surface area contributed by atoms with Crippen LogP contribution in [0.5, 0.6) is 0 Å².